The minimum atomic E-state index is -3.58. The molecule has 3 aromatic rings. The van der Waals surface area contributed by atoms with Crippen LogP contribution in [0.1, 0.15) is 25.8 Å². The van der Waals surface area contributed by atoms with Crippen molar-refractivity contribution in [1.82, 2.24) is 10.3 Å². The van der Waals surface area contributed by atoms with Gasteiger partial charge in [0.2, 0.25) is 0 Å². The summed E-state index contributed by atoms with van der Waals surface area (Å²) >= 11 is 1.42. The summed E-state index contributed by atoms with van der Waals surface area (Å²) in [7, 11) is -3.58. The highest BCUT2D eigenvalue weighted by atomic mass is 32.2. The molecule has 7 heteroatoms. The molecule has 150 valence electrons. The topological polar surface area (TPSA) is 79.3 Å². The number of hydrogen-bond acceptors (Lipinski definition) is 6. The zero-order valence-electron chi connectivity index (χ0n) is 16.1. The van der Waals surface area contributed by atoms with Crippen molar-refractivity contribution in [2.24, 2.45) is 5.92 Å². The molecule has 0 amide bonds. The van der Waals surface area contributed by atoms with E-state index in [-0.39, 0.29) is 17.4 Å². The molecule has 2 atom stereocenters. The van der Waals surface area contributed by atoms with Gasteiger partial charge < -0.3 is 5.11 Å². The Morgan fingerprint density at radius 3 is 2.61 bits per heavy atom. The van der Waals surface area contributed by atoms with Crippen molar-refractivity contribution in [1.29, 1.82) is 0 Å². The normalized spacial score (nSPS) is 14.4. The third-order valence-corrected chi connectivity index (χ3v) is 7.82. The Hall–Kier alpha value is -1.80. The van der Waals surface area contributed by atoms with Crippen LogP contribution in [0.3, 0.4) is 0 Å². The average molecular weight is 419 g/mol. The minimum absolute atomic E-state index is 0.136. The van der Waals surface area contributed by atoms with E-state index in [1.807, 2.05) is 44.2 Å². The van der Waals surface area contributed by atoms with Gasteiger partial charge in [0.25, 0.3) is 0 Å². The van der Waals surface area contributed by atoms with Gasteiger partial charge in [0.1, 0.15) is 5.37 Å². The van der Waals surface area contributed by atoms with Crippen LogP contribution in [0.15, 0.2) is 58.9 Å². The molecule has 0 saturated heterocycles. The number of fused-ring (bicyclic) bond motifs is 1. The van der Waals surface area contributed by atoms with E-state index in [0.717, 1.165) is 22.2 Å². The van der Waals surface area contributed by atoms with Crippen molar-refractivity contribution in [3.8, 4) is 0 Å². The first-order chi connectivity index (χ1) is 13.4. The fourth-order valence-electron chi connectivity index (χ4n) is 3.19. The number of rotatable bonds is 9. The number of aryl methyl sites for hydroxylation is 1. The van der Waals surface area contributed by atoms with Crippen LogP contribution in [0.4, 0.5) is 0 Å². The van der Waals surface area contributed by atoms with Gasteiger partial charge in [-0.05, 0) is 42.5 Å². The first-order valence-corrected chi connectivity index (χ1v) is 11.8. The molecule has 0 aliphatic carbocycles. The van der Waals surface area contributed by atoms with Gasteiger partial charge in [-0.25, -0.2) is 13.4 Å². The molecule has 0 bridgehead atoms. The average Bonchev–Trinajstić information content (AvgIpc) is 3.14. The highest BCUT2D eigenvalue weighted by Gasteiger charge is 2.30. The minimum Gasteiger partial charge on any atom is -0.392 e. The summed E-state index contributed by atoms with van der Waals surface area (Å²) in [6, 6.07) is 15.0. The van der Waals surface area contributed by atoms with Gasteiger partial charge >= 0.3 is 0 Å². The number of aromatic nitrogens is 1. The number of benzene rings is 2. The van der Waals surface area contributed by atoms with Crippen LogP contribution in [0.2, 0.25) is 0 Å². The fourth-order valence-corrected chi connectivity index (χ4v) is 5.85. The number of hydrogen-bond donors (Lipinski definition) is 2. The zero-order chi connectivity index (χ0) is 20.1. The lowest BCUT2D eigenvalue weighted by Crippen LogP contribution is -2.44. The third-order valence-electron chi connectivity index (χ3n) is 4.73. The van der Waals surface area contributed by atoms with Crippen molar-refractivity contribution >= 4 is 31.4 Å². The molecule has 28 heavy (non-hydrogen) atoms. The molecule has 3 rings (SSSR count). The second-order valence-corrected chi connectivity index (χ2v) is 10.2. The molecular formula is C21H26N2O3S2. The van der Waals surface area contributed by atoms with Crippen molar-refractivity contribution in [3.63, 3.8) is 0 Å². The molecule has 0 spiro atoms. The Labute approximate surface area is 170 Å². The second kappa shape index (κ2) is 9.13. The Balaban J connectivity index is 1.66. The molecule has 0 saturated carbocycles. The number of sulfone groups is 1. The van der Waals surface area contributed by atoms with Crippen LogP contribution in [0, 0.1) is 5.92 Å². The lowest BCUT2D eigenvalue weighted by molar-refractivity contribution is 0.159. The number of nitrogens with one attached hydrogen (secondary N) is 1. The highest BCUT2D eigenvalue weighted by molar-refractivity contribution is 7.92. The van der Waals surface area contributed by atoms with Crippen LogP contribution in [0.25, 0.3) is 10.2 Å². The van der Waals surface area contributed by atoms with Crippen LogP contribution in [0.5, 0.6) is 0 Å². The summed E-state index contributed by atoms with van der Waals surface area (Å²) in [5, 5.41) is 12.7. The number of nitrogens with zero attached hydrogens (tertiary/aromatic N) is 1. The molecule has 0 aliphatic rings. The van der Waals surface area contributed by atoms with E-state index in [1.165, 1.54) is 11.3 Å². The van der Waals surface area contributed by atoms with E-state index in [2.05, 4.69) is 10.3 Å². The van der Waals surface area contributed by atoms with E-state index in [9.17, 15) is 13.5 Å². The van der Waals surface area contributed by atoms with Crippen LogP contribution >= 0.6 is 11.3 Å². The predicted molar refractivity (Wildman–Crippen MR) is 114 cm³/mol. The van der Waals surface area contributed by atoms with Crippen molar-refractivity contribution in [3.05, 3.63) is 59.6 Å². The summed E-state index contributed by atoms with van der Waals surface area (Å²) in [4.78, 5) is 4.49. The summed E-state index contributed by atoms with van der Waals surface area (Å²) < 4.78 is 27.2. The Kier molecular flexibility index (Phi) is 6.82. The first kappa shape index (κ1) is 20.9. The van der Waals surface area contributed by atoms with Gasteiger partial charge in [-0.15, -0.1) is 11.3 Å². The molecule has 1 heterocycles. The molecule has 2 aromatic carbocycles. The summed E-state index contributed by atoms with van der Waals surface area (Å²) in [6.45, 7) is 3.98. The van der Waals surface area contributed by atoms with Crippen LogP contribution < -0.4 is 5.32 Å². The standard InChI is InChI=1S/C21H26N2O3S2/c1-15(2)21(22-13-17(24)9-8-16-6-4-3-5-7-16)28(25,26)18-10-11-19-20(12-18)27-14-23-19/h3-7,10-12,14-15,17,21-22,24H,8-9,13H2,1-2H3/t17-,21+/m1/s1. The van der Waals surface area contributed by atoms with Crippen LogP contribution in [-0.4, -0.2) is 36.5 Å². The van der Waals surface area contributed by atoms with Gasteiger partial charge in [0, 0.05) is 6.54 Å². The summed E-state index contributed by atoms with van der Waals surface area (Å²) in [5.74, 6) is -0.136. The van der Waals surface area contributed by atoms with Crippen molar-refractivity contribution in [2.45, 2.75) is 43.1 Å². The SMILES string of the molecule is CC(C)[C@@H](NC[C@H](O)CCc1ccccc1)S(=O)(=O)c1ccc2ncsc2c1. The van der Waals surface area contributed by atoms with Gasteiger partial charge in [-0.3, -0.25) is 5.32 Å². The molecule has 2 N–H and O–H groups in total. The lowest BCUT2D eigenvalue weighted by Gasteiger charge is -2.24. The van der Waals surface area contributed by atoms with E-state index < -0.39 is 21.3 Å². The molecule has 0 radical (unpaired) electrons. The Morgan fingerprint density at radius 1 is 1.14 bits per heavy atom. The van der Waals surface area contributed by atoms with E-state index in [1.54, 1.807) is 23.7 Å². The zero-order valence-corrected chi connectivity index (χ0v) is 17.7. The van der Waals surface area contributed by atoms with E-state index in [4.69, 9.17) is 0 Å². The van der Waals surface area contributed by atoms with Crippen molar-refractivity contribution < 1.29 is 13.5 Å². The lowest BCUT2D eigenvalue weighted by atomic mass is 10.1. The second-order valence-electron chi connectivity index (χ2n) is 7.28. The molecular weight excluding hydrogens is 392 g/mol. The number of thiazole rings is 1. The highest BCUT2D eigenvalue weighted by Crippen LogP contribution is 2.26. The largest absolute Gasteiger partial charge is 0.392 e. The fraction of sp³-hybridized carbons (Fsp3) is 0.381. The van der Waals surface area contributed by atoms with E-state index in [0.29, 0.717) is 6.42 Å². The molecule has 0 unspecified atom stereocenters. The molecule has 1 aromatic heterocycles. The third kappa shape index (κ3) is 4.97. The Morgan fingerprint density at radius 2 is 1.89 bits per heavy atom. The molecule has 0 fully saturated rings. The number of aliphatic hydroxyl groups is 1. The quantitative estimate of drug-likeness (QED) is 0.555. The monoisotopic (exact) mass is 418 g/mol. The smallest absolute Gasteiger partial charge is 0.194 e. The molecule has 5 nitrogen and oxygen atoms in total. The van der Waals surface area contributed by atoms with Gasteiger partial charge in [0.05, 0.1) is 26.7 Å². The summed E-state index contributed by atoms with van der Waals surface area (Å²) in [5.41, 5.74) is 3.67. The maximum absolute atomic E-state index is 13.2. The van der Waals surface area contributed by atoms with Gasteiger partial charge in [-0.2, -0.15) is 0 Å². The first-order valence-electron chi connectivity index (χ1n) is 9.40. The molecule has 0 aliphatic heterocycles. The summed E-state index contributed by atoms with van der Waals surface area (Å²) in [6.07, 6.45) is 0.722. The maximum atomic E-state index is 13.2. The van der Waals surface area contributed by atoms with E-state index >= 15 is 0 Å². The number of aliphatic hydroxyl groups excluding tert-OH is 1. The van der Waals surface area contributed by atoms with Crippen molar-refractivity contribution in [2.75, 3.05) is 6.54 Å². The van der Waals surface area contributed by atoms with Crippen LogP contribution in [-0.2, 0) is 16.3 Å². The Bertz CT molecular complexity index is 1000. The van der Waals surface area contributed by atoms with Gasteiger partial charge in [0.15, 0.2) is 9.84 Å². The van der Waals surface area contributed by atoms with Gasteiger partial charge in [-0.1, -0.05) is 44.2 Å². The maximum Gasteiger partial charge on any atom is 0.194 e. The predicted octanol–water partition coefficient (Wildman–Crippen LogP) is 3.64.